The summed E-state index contributed by atoms with van der Waals surface area (Å²) < 4.78 is 10.6. The Bertz CT molecular complexity index is 546. The van der Waals surface area contributed by atoms with Crippen LogP contribution < -0.4 is 15.8 Å². The van der Waals surface area contributed by atoms with Crippen molar-refractivity contribution in [1.82, 2.24) is 0 Å². The van der Waals surface area contributed by atoms with Crippen LogP contribution >= 0.6 is 0 Å². The van der Waals surface area contributed by atoms with E-state index in [1.54, 1.807) is 36.4 Å². The van der Waals surface area contributed by atoms with Crippen molar-refractivity contribution in [2.45, 2.75) is 13.5 Å². The Morgan fingerprint density at radius 1 is 1.26 bits per heavy atom. The molecule has 0 aliphatic carbocycles. The lowest BCUT2D eigenvalue weighted by atomic mass is 10.3. The first kappa shape index (κ1) is 13.2. The third-order valence-electron chi connectivity index (χ3n) is 2.51. The van der Waals surface area contributed by atoms with E-state index in [9.17, 15) is 4.79 Å². The summed E-state index contributed by atoms with van der Waals surface area (Å²) in [5.41, 5.74) is 6.10. The smallest absolute Gasteiger partial charge is 0.291 e. The molecule has 5 heteroatoms. The second kappa shape index (κ2) is 6.06. The van der Waals surface area contributed by atoms with Gasteiger partial charge in [-0.2, -0.15) is 0 Å². The van der Waals surface area contributed by atoms with E-state index in [0.717, 1.165) is 5.75 Å². The van der Waals surface area contributed by atoms with Crippen LogP contribution in [0.5, 0.6) is 5.75 Å². The predicted molar refractivity (Wildman–Crippen MR) is 72.2 cm³/mol. The van der Waals surface area contributed by atoms with Gasteiger partial charge in [-0.05, 0) is 43.3 Å². The van der Waals surface area contributed by atoms with Gasteiger partial charge in [0.05, 0.1) is 13.2 Å². The maximum Gasteiger partial charge on any atom is 0.291 e. The molecule has 0 atom stereocenters. The quantitative estimate of drug-likeness (QED) is 0.865. The van der Waals surface area contributed by atoms with E-state index in [1.165, 1.54) is 0 Å². The van der Waals surface area contributed by atoms with E-state index >= 15 is 0 Å². The van der Waals surface area contributed by atoms with Crippen LogP contribution in [0.25, 0.3) is 0 Å². The lowest BCUT2D eigenvalue weighted by Crippen LogP contribution is -2.10. The predicted octanol–water partition coefficient (Wildman–Crippen LogP) is 2.39. The first-order valence-corrected chi connectivity index (χ1v) is 6.06. The first-order chi connectivity index (χ1) is 9.22. The molecule has 1 aromatic carbocycles. The largest absolute Gasteiger partial charge is 0.494 e. The molecule has 2 aromatic rings. The van der Waals surface area contributed by atoms with E-state index in [-0.39, 0.29) is 18.2 Å². The highest BCUT2D eigenvalue weighted by Crippen LogP contribution is 2.17. The van der Waals surface area contributed by atoms with Crippen LogP contribution in [0, 0.1) is 0 Å². The van der Waals surface area contributed by atoms with Crippen molar-refractivity contribution in [3.63, 3.8) is 0 Å². The Kier molecular flexibility index (Phi) is 4.20. The minimum Gasteiger partial charge on any atom is -0.494 e. The molecule has 3 N–H and O–H groups in total. The average Bonchev–Trinajstić information content (AvgIpc) is 2.90. The van der Waals surface area contributed by atoms with Gasteiger partial charge in [-0.25, -0.2) is 0 Å². The van der Waals surface area contributed by atoms with Gasteiger partial charge in [0.25, 0.3) is 5.91 Å². The highest BCUT2D eigenvalue weighted by atomic mass is 16.5. The number of furan rings is 1. The average molecular weight is 260 g/mol. The summed E-state index contributed by atoms with van der Waals surface area (Å²) in [7, 11) is 0. The van der Waals surface area contributed by atoms with Crippen LogP contribution in [0.1, 0.15) is 23.2 Å². The van der Waals surface area contributed by atoms with Crippen LogP contribution in [0.15, 0.2) is 40.8 Å². The Hall–Kier alpha value is -2.27. The van der Waals surface area contributed by atoms with Gasteiger partial charge in [0.1, 0.15) is 11.5 Å². The van der Waals surface area contributed by atoms with Crippen LogP contribution in [0.3, 0.4) is 0 Å². The number of ether oxygens (including phenoxy) is 1. The lowest BCUT2D eigenvalue weighted by Gasteiger charge is -2.05. The Morgan fingerprint density at radius 3 is 2.58 bits per heavy atom. The van der Waals surface area contributed by atoms with E-state index in [0.29, 0.717) is 18.1 Å². The topological polar surface area (TPSA) is 77.5 Å². The zero-order valence-electron chi connectivity index (χ0n) is 10.7. The molecule has 0 fully saturated rings. The molecule has 0 saturated heterocycles. The molecule has 100 valence electrons. The number of anilines is 1. The fourth-order valence-electron chi connectivity index (χ4n) is 1.60. The summed E-state index contributed by atoms with van der Waals surface area (Å²) in [5.74, 6) is 1.29. The maximum absolute atomic E-state index is 11.9. The molecule has 0 radical (unpaired) electrons. The number of hydrogen-bond acceptors (Lipinski definition) is 4. The number of benzene rings is 1. The second-order valence-corrected chi connectivity index (χ2v) is 3.88. The summed E-state index contributed by atoms with van der Waals surface area (Å²) in [6.07, 6.45) is 0. The summed E-state index contributed by atoms with van der Waals surface area (Å²) >= 11 is 0. The summed E-state index contributed by atoms with van der Waals surface area (Å²) in [6, 6.07) is 10.4. The molecule has 1 heterocycles. The zero-order chi connectivity index (χ0) is 13.7. The molecule has 19 heavy (non-hydrogen) atoms. The van der Waals surface area contributed by atoms with Crippen molar-refractivity contribution in [3.8, 4) is 5.75 Å². The third-order valence-corrected chi connectivity index (χ3v) is 2.51. The Labute approximate surface area is 111 Å². The molecular formula is C14H16N2O3. The number of nitrogens with one attached hydrogen (secondary N) is 1. The van der Waals surface area contributed by atoms with Crippen molar-refractivity contribution in [2.24, 2.45) is 5.73 Å². The van der Waals surface area contributed by atoms with E-state index in [1.807, 2.05) is 6.92 Å². The molecule has 0 spiro atoms. The van der Waals surface area contributed by atoms with Gasteiger partial charge in [-0.1, -0.05) is 0 Å². The molecule has 2 rings (SSSR count). The highest BCUT2D eigenvalue weighted by molar-refractivity contribution is 6.02. The van der Waals surface area contributed by atoms with E-state index in [2.05, 4.69) is 5.32 Å². The van der Waals surface area contributed by atoms with Gasteiger partial charge < -0.3 is 20.2 Å². The number of rotatable bonds is 5. The van der Waals surface area contributed by atoms with Crippen molar-refractivity contribution >= 4 is 11.6 Å². The van der Waals surface area contributed by atoms with Gasteiger partial charge >= 0.3 is 0 Å². The fraction of sp³-hybridized carbons (Fsp3) is 0.214. The first-order valence-electron chi connectivity index (χ1n) is 6.06. The Morgan fingerprint density at radius 2 is 2.00 bits per heavy atom. The van der Waals surface area contributed by atoms with Gasteiger partial charge in [0.15, 0.2) is 5.76 Å². The van der Waals surface area contributed by atoms with Crippen LogP contribution in [-0.4, -0.2) is 12.5 Å². The standard InChI is InChI=1S/C14H16N2O3/c1-2-18-11-5-3-10(4-6-11)16-14(17)13-8-7-12(9-15)19-13/h3-8H,2,9,15H2,1H3,(H,16,17). The minimum atomic E-state index is -0.302. The molecule has 1 amide bonds. The monoisotopic (exact) mass is 260 g/mol. The van der Waals surface area contributed by atoms with Crippen molar-refractivity contribution in [3.05, 3.63) is 47.9 Å². The van der Waals surface area contributed by atoms with Gasteiger partial charge in [0, 0.05) is 5.69 Å². The maximum atomic E-state index is 11.9. The summed E-state index contributed by atoms with van der Waals surface area (Å²) in [6.45, 7) is 2.80. The Balaban J connectivity index is 2.01. The highest BCUT2D eigenvalue weighted by Gasteiger charge is 2.10. The van der Waals surface area contributed by atoms with Gasteiger partial charge in [-0.3, -0.25) is 4.79 Å². The molecule has 0 aliphatic heterocycles. The van der Waals surface area contributed by atoms with Crippen molar-refractivity contribution in [2.75, 3.05) is 11.9 Å². The molecule has 0 saturated carbocycles. The number of carbonyl (C=O) groups is 1. The van der Waals surface area contributed by atoms with Crippen molar-refractivity contribution < 1.29 is 13.9 Å². The minimum absolute atomic E-state index is 0.245. The summed E-state index contributed by atoms with van der Waals surface area (Å²) in [5, 5.41) is 2.74. The molecular weight excluding hydrogens is 244 g/mol. The van der Waals surface area contributed by atoms with E-state index in [4.69, 9.17) is 14.9 Å². The second-order valence-electron chi connectivity index (χ2n) is 3.88. The SMILES string of the molecule is CCOc1ccc(NC(=O)c2ccc(CN)o2)cc1. The molecule has 5 nitrogen and oxygen atoms in total. The third kappa shape index (κ3) is 3.35. The fourth-order valence-corrected chi connectivity index (χ4v) is 1.60. The summed E-state index contributed by atoms with van der Waals surface area (Å²) in [4.78, 5) is 11.9. The molecule has 0 unspecified atom stereocenters. The van der Waals surface area contributed by atoms with Gasteiger partial charge in [0.2, 0.25) is 0 Å². The van der Waals surface area contributed by atoms with Crippen molar-refractivity contribution in [1.29, 1.82) is 0 Å². The number of carbonyl (C=O) groups excluding carboxylic acids is 1. The van der Waals surface area contributed by atoms with E-state index < -0.39 is 0 Å². The normalized spacial score (nSPS) is 10.2. The lowest BCUT2D eigenvalue weighted by molar-refractivity contribution is 0.0995. The molecule has 0 aliphatic rings. The van der Waals surface area contributed by atoms with Gasteiger partial charge in [-0.15, -0.1) is 0 Å². The number of hydrogen-bond donors (Lipinski definition) is 2. The molecule has 0 bridgehead atoms. The number of nitrogens with two attached hydrogens (primary N) is 1. The number of amides is 1. The van der Waals surface area contributed by atoms with Crippen LogP contribution in [0.4, 0.5) is 5.69 Å². The molecule has 1 aromatic heterocycles. The van der Waals surface area contributed by atoms with Crippen LogP contribution in [-0.2, 0) is 6.54 Å². The van der Waals surface area contributed by atoms with Crippen LogP contribution in [0.2, 0.25) is 0 Å². The zero-order valence-corrected chi connectivity index (χ0v) is 10.7.